The van der Waals surface area contributed by atoms with Gasteiger partial charge in [-0.2, -0.15) is 0 Å². The molecule has 1 aliphatic heterocycles. The molecule has 1 saturated heterocycles. The minimum Gasteiger partial charge on any atom is -0.342 e. The van der Waals surface area contributed by atoms with Gasteiger partial charge in [0.15, 0.2) is 0 Å². The Hall–Kier alpha value is -2.62. The van der Waals surface area contributed by atoms with Crippen LogP contribution in [0, 0.1) is 0 Å². The quantitative estimate of drug-likeness (QED) is 0.806. The lowest BCUT2D eigenvalue weighted by Crippen LogP contribution is -2.29. The van der Waals surface area contributed by atoms with Crippen molar-refractivity contribution in [3.63, 3.8) is 0 Å². The summed E-state index contributed by atoms with van der Waals surface area (Å²) >= 11 is 0. The number of aromatic nitrogens is 2. The molecule has 0 unspecified atom stereocenters. The predicted molar refractivity (Wildman–Crippen MR) is 91.0 cm³/mol. The molecule has 0 spiro atoms. The molecular weight excluding hydrogens is 286 g/mol. The van der Waals surface area contributed by atoms with Gasteiger partial charge in [-0.05, 0) is 30.5 Å². The molecular formula is C19H19N3O. The van der Waals surface area contributed by atoms with Crippen LogP contribution in [0.1, 0.15) is 18.4 Å². The molecule has 4 rings (SSSR count). The number of imidazole rings is 1. The molecule has 2 heterocycles. The number of rotatable bonds is 3. The zero-order valence-corrected chi connectivity index (χ0v) is 13.0. The third-order valence-electron chi connectivity index (χ3n) is 4.41. The average Bonchev–Trinajstić information content (AvgIpc) is 3.25. The predicted octanol–water partition coefficient (Wildman–Crippen LogP) is 3.39. The topological polar surface area (TPSA) is 49.0 Å². The highest BCUT2D eigenvalue weighted by Gasteiger charge is 2.18. The third-order valence-corrected chi connectivity index (χ3v) is 4.41. The van der Waals surface area contributed by atoms with Gasteiger partial charge in [-0.3, -0.25) is 4.79 Å². The molecule has 0 radical (unpaired) electrons. The summed E-state index contributed by atoms with van der Waals surface area (Å²) in [6.45, 7) is 1.81. The summed E-state index contributed by atoms with van der Waals surface area (Å²) in [6.07, 6.45) is 2.73. The smallest absolute Gasteiger partial charge is 0.226 e. The van der Waals surface area contributed by atoms with Crippen LogP contribution in [0.2, 0.25) is 0 Å². The number of carbonyl (C=O) groups is 1. The third kappa shape index (κ3) is 2.84. The van der Waals surface area contributed by atoms with Gasteiger partial charge in [0, 0.05) is 18.7 Å². The first-order valence-corrected chi connectivity index (χ1v) is 8.11. The van der Waals surface area contributed by atoms with Crippen LogP contribution in [0.4, 0.5) is 0 Å². The van der Waals surface area contributed by atoms with Gasteiger partial charge in [0.1, 0.15) is 5.82 Å². The van der Waals surface area contributed by atoms with Crippen LogP contribution in [-0.4, -0.2) is 33.9 Å². The number of aromatic amines is 1. The lowest BCUT2D eigenvalue weighted by Gasteiger charge is -2.14. The second-order valence-electron chi connectivity index (χ2n) is 6.07. The highest BCUT2D eigenvalue weighted by molar-refractivity contribution is 5.83. The van der Waals surface area contributed by atoms with Crippen molar-refractivity contribution in [2.75, 3.05) is 13.1 Å². The molecule has 116 valence electrons. The highest BCUT2D eigenvalue weighted by Crippen LogP contribution is 2.21. The van der Waals surface area contributed by atoms with Gasteiger partial charge in [-0.1, -0.05) is 36.4 Å². The second kappa shape index (κ2) is 5.88. The van der Waals surface area contributed by atoms with Gasteiger partial charge >= 0.3 is 0 Å². The van der Waals surface area contributed by atoms with Crippen molar-refractivity contribution in [1.29, 1.82) is 0 Å². The number of likely N-dealkylation sites (tertiary alicyclic amines) is 1. The Morgan fingerprint density at radius 1 is 1.09 bits per heavy atom. The second-order valence-corrected chi connectivity index (χ2v) is 6.07. The first-order valence-electron chi connectivity index (χ1n) is 8.11. The van der Waals surface area contributed by atoms with Crippen molar-refractivity contribution in [2.24, 2.45) is 0 Å². The lowest BCUT2D eigenvalue weighted by molar-refractivity contribution is -0.129. The number of H-pyrrole nitrogens is 1. The summed E-state index contributed by atoms with van der Waals surface area (Å²) in [5.41, 5.74) is 4.02. The lowest BCUT2D eigenvalue weighted by atomic mass is 10.1. The van der Waals surface area contributed by atoms with Crippen LogP contribution >= 0.6 is 0 Å². The van der Waals surface area contributed by atoms with Gasteiger partial charge in [0.25, 0.3) is 0 Å². The van der Waals surface area contributed by atoms with Gasteiger partial charge < -0.3 is 9.88 Å². The standard InChI is InChI=1S/C19H19N3O/c23-18(22-10-4-5-11-22)13-14-8-9-16-17(12-14)21-19(20-16)15-6-2-1-3-7-15/h1-3,6-9,12H,4-5,10-11,13H2,(H,20,21). The highest BCUT2D eigenvalue weighted by atomic mass is 16.2. The number of fused-ring (bicyclic) bond motifs is 1. The molecule has 2 aromatic carbocycles. The molecule has 0 atom stereocenters. The maximum atomic E-state index is 12.3. The summed E-state index contributed by atoms with van der Waals surface area (Å²) < 4.78 is 0. The number of hydrogen-bond acceptors (Lipinski definition) is 2. The maximum absolute atomic E-state index is 12.3. The molecule has 1 amide bonds. The zero-order valence-electron chi connectivity index (χ0n) is 13.0. The Labute approximate surface area is 135 Å². The van der Waals surface area contributed by atoms with Crippen molar-refractivity contribution in [1.82, 2.24) is 14.9 Å². The summed E-state index contributed by atoms with van der Waals surface area (Å²) in [5.74, 6) is 1.09. The van der Waals surface area contributed by atoms with Crippen LogP contribution < -0.4 is 0 Å². The zero-order chi connectivity index (χ0) is 15.6. The summed E-state index contributed by atoms with van der Waals surface area (Å²) in [4.78, 5) is 22.2. The Bertz CT molecular complexity index is 832. The van der Waals surface area contributed by atoms with Gasteiger partial charge in [0.2, 0.25) is 5.91 Å². The monoisotopic (exact) mass is 305 g/mol. The Kier molecular flexibility index (Phi) is 3.58. The fraction of sp³-hybridized carbons (Fsp3) is 0.263. The first kappa shape index (κ1) is 14.0. The maximum Gasteiger partial charge on any atom is 0.226 e. The molecule has 1 aromatic heterocycles. The molecule has 23 heavy (non-hydrogen) atoms. The van der Waals surface area contributed by atoms with Gasteiger partial charge in [0.05, 0.1) is 17.5 Å². The van der Waals surface area contributed by atoms with Gasteiger partial charge in [-0.25, -0.2) is 4.98 Å². The van der Waals surface area contributed by atoms with E-state index < -0.39 is 0 Å². The number of hydrogen-bond donors (Lipinski definition) is 1. The fourth-order valence-electron chi connectivity index (χ4n) is 3.15. The molecule has 4 heteroatoms. The summed E-state index contributed by atoms with van der Waals surface area (Å²) in [5, 5.41) is 0. The normalized spacial score (nSPS) is 14.5. The number of carbonyl (C=O) groups excluding carboxylic acids is 1. The van der Waals surface area contributed by atoms with Crippen LogP contribution in [0.25, 0.3) is 22.4 Å². The minimum absolute atomic E-state index is 0.227. The Morgan fingerprint density at radius 3 is 2.65 bits per heavy atom. The van der Waals surface area contributed by atoms with Gasteiger partial charge in [-0.15, -0.1) is 0 Å². The largest absolute Gasteiger partial charge is 0.342 e. The van der Waals surface area contributed by atoms with E-state index in [0.29, 0.717) is 6.42 Å². The number of benzene rings is 2. The van der Waals surface area contributed by atoms with E-state index in [0.717, 1.165) is 53.9 Å². The molecule has 1 fully saturated rings. The van der Waals surface area contributed by atoms with E-state index >= 15 is 0 Å². The van der Waals surface area contributed by atoms with Crippen molar-refractivity contribution in [3.8, 4) is 11.4 Å². The molecule has 1 N–H and O–H groups in total. The molecule has 0 aliphatic carbocycles. The molecule has 1 aliphatic rings. The summed E-state index contributed by atoms with van der Waals surface area (Å²) in [6, 6.07) is 16.1. The van der Waals surface area contributed by atoms with Crippen molar-refractivity contribution in [3.05, 3.63) is 54.1 Å². The Morgan fingerprint density at radius 2 is 1.87 bits per heavy atom. The summed E-state index contributed by atoms with van der Waals surface area (Å²) in [7, 11) is 0. The number of nitrogens with one attached hydrogen (secondary N) is 1. The van der Waals surface area contributed by atoms with Crippen LogP contribution in [0.5, 0.6) is 0 Å². The van der Waals surface area contributed by atoms with Crippen molar-refractivity contribution < 1.29 is 4.79 Å². The molecule has 4 nitrogen and oxygen atoms in total. The average molecular weight is 305 g/mol. The SMILES string of the molecule is O=C(Cc1ccc2nc(-c3ccccc3)[nH]c2c1)N1CCCC1. The molecule has 0 bridgehead atoms. The minimum atomic E-state index is 0.227. The Balaban J connectivity index is 1.59. The van der Waals surface area contributed by atoms with E-state index in [1.165, 1.54) is 0 Å². The number of amides is 1. The van der Waals surface area contributed by atoms with E-state index in [1.54, 1.807) is 0 Å². The van der Waals surface area contributed by atoms with Crippen molar-refractivity contribution >= 4 is 16.9 Å². The molecule has 0 saturated carbocycles. The van der Waals surface area contributed by atoms with E-state index in [2.05, 4.69) is 9.97 Å². The van der Waals surface area contributed by atoms with E-state index in [-0.39, 0.29) is 5.91 Å². The van der Waals surface area contributed by atoms with Crippen LogP contribution in [-0.2, 0) is 11.2 Å². The molecule has 3 aromatic rings. The number of nitrogens with zero attached hydrogens (tertiary/aromatic N) is 2. The van der Waals surface area contributed by atoms with Crippen molar-refractivity contribution in [2.45, 2.75) is 19.3 Å². The van der Waals surface area contributed by atoms with E-state index in [4.69, 9.17) is 0 Å². The fourth-order valence-corrected chi connectivity index (χ4v) is 3.15. The van der Waals surface area contributed by atoms with E-state index in [1.807, 2.05) is 53.4 Å². The van der Waals surface area contributed by atoms with Crippen LogP contribution in [0.3, 0.4) is 0 Å². The van der Waals surface area contributed by atoms with Crippen LogP contribution in [0.15, 0.2) is 48.5 Å². The first-order chi connectivity index (χ1) is 11.3. The van der Waals surface area contributed by atoms with E-state index in [9.17, 15) is 4.79 Å².